The second-order valence-electron chi connectivity index (χ2n) is 6.32. The quantitative estimate of drug-likeness (QED) is 0.152. The van der Waals surface area contributed by atoms with E-state index in [2.05, 4.69) is 0 Å². The lowest BCUT2D eigenvalue weighted by atomic mass is 10.9. The van der Waals surface area contributed by atoms with Gasteiger partial charge in [0.15, 0.2) is 0 Å². The molecule has 0 aromatic rings. The van der Waals surface area contributed by atoms with Gasteiger partial charge >= 0.3 is 0 Å². The van der Waals surface area contributed by atoms with Crippen molar-refractivity contribution in [2.24, 2.45) is 0 Å². The molecular weight excluding hydrogens is 800 g/mol. The molecule has 20 nitrogen and oxygen atoms in total. The summed E-state index contributed by atoms with van der Waals surface area (Å²) in [5.41, 5.74) is 0. The summed E-state index contributed by atoms with van der Waals surface area (Å²) in [6.45, 7) is 38.6. The number of rotatable bonds is 0. The van der Waals surface area contributed by atoms with Gasteiger partial charge in [-0.2, -0.15) is 0 Å². The summed E-state index contributed by atoms with van der Waals surface area (Å²) in [7, 11) is 0. The van der Waals surface area contributed by atoms with Crippen LogP contribution in [-0.2, 0) is 0 Å². The smallest absolute Gasteiger partial charge is 0.0402 e. The van der Waals surface area contributed by atoms with Crippen LogP contribution < -0.4 is 0 Å². The maximum atomic E-state index is 7.57. The average Bonchev–Trinajstić information content (AvgIpc) is 3.12. The molecular formula is C40H120O20. The lowest BCUT2D eigenvalue weighted by Crippen LogP contribution is -1.57. The van der Waals surface area contributed by atoms with Crippen LogP contribution in [0.25, 0.3) is 0 Å². The lowest BCUT2D eigenvalue weighted by Gasteiger charge is -1.52. The minimum absolute atomic E-state index is 0.250. The van der Waals surface area contributed by atoms with Gasteiger partial charge in [-0.25, -0.2) is 0 Å². The van der Waals surface area contributed by atoms with Crippen LogP contribution in [0.2, 0.25) is 0 Å². The van der Waals surface area contributed by atoms with Crippen LogP contribution in [-0.4, -0.2) is 234 Å². The molecule has 0 aliphatic carbocycles. The molecule has 0 aromatic heterocycles. The van der Waals surface area contributed by atoms with Crippen molar-refractivity contribution in [3.63, 3.8) is 0 Å². The largest absolute Gasteiger partial charge is 0.397 e. The molecule has 0 aliphatic heterocycles. The molecule has 0 radical (unpaired) electrons. The molecule has 0 bridgehead atoms. The zero-order valence-corrected chi connectivity index (χ0v) is 43.1. The Kier molecular flexibility index (Phi) is 1120. The highest BCUT2D eigenvalue weighted by Gasteiger charge is 1.39. The summed E-state index contributed by atoms with van der Waals surface area (Å²) in [5, 5.41) is 151. The molecule has 0 saturated carbocycles. The van der Waals surface area contributed by atoms with Crippen molar-refractivity contribution in [1.29, 1.82) is 0 Å². The van der Waals surface area contributed by atoms with Gasteiger partial charge in [-0.3, -0.25) is 0 Å². The summed E-state index contributed by atoms with van der Waals surface area (Å²) in [6.07, 6.45) is 0. The zero-order valence-electron chi connectivity index (χ0n) is 43.1. The van der Waals surface area contributed by atoms with E-state index in [4.69, 9.17) is 102 Å². The van der Waals surface area contributed by atoms with Crippen LogP contribution >= 0.6 is 0 Å². The van der Waals surface area contributed by atoms with Crippen LogP contribution in [0, 0.1) is 0 Å². The Hall–Kier alpha value is -0.800. The minimum Gasteiger partial charge on any atom is -0.397 e. The van der Waals surface area contributed by atoms with Crippen molar-refractivity contribution < 1.29 is 102 Å². The average molecular weight is 921 g/mol. The standard InChI is InChI=1S/20C2H6O/c20*1-2-3/h20*3H,2H2,1H3. The third kappa shape index (κ3) is 282000. The van der Waals surface area contributed by atoms with Crippen molar-refractivity contribution in [3.8, 4) is 0 Å². The molecule has 0 aliphatic rings. The maximum absolute atomic E-state index is 7.57. The van der Waals surface area contributed by atoms with E-state index in [1.54, 1.807) is 138 Å². The third-order valence-corrected chi connectivity index (χ3v) is 0. The molecule has 0 spiro atoms. The first-order valence-corrected chi connectivity index (χ1v) is 20.5. The molecule has 0 saturated heterocycles. The van der Waals surface area contributed by atoms with Crippen molar-refractivity contribution in [2.45, 2.75) is 138 Å². The zero-order chi connectivity index (χ0) is 54.1. The molecule has 20 N–H and O–H groups in total. The first-order valence-electron chi connectivity index (χ1n) is 20.5. The summed E-state index contributed by atoms with van der Waals surface area (Å²) in [5.74, 6) is 0. The van der Waals surface area contributed by atoms with Gasteiger partial charge in [-0.1, -0.05) is 0 Å². The molecule has 0 rings (SSSR count). The Morgan fingerprint density at radius 3 is 0.100 bits per heavy atom. The van der Waals surface area contributed by atoms with Crippen LogP contribution in [0.1, 0.15) is 138 Å². The Bertz CT molecular complexity index is 142. The fourth-order valence-corrected chi connectivity index (χ4v) is 0. The molecule has 60 heavy (non-hydrogen) atoms. The summed E-state index contributed by atoms with van der Waals surface area (Å²) >= 11 is 0. The first-order chi connectivity index (χ1) is 28.3. The molecule has 400 valence electrons. The highest BCUT2D eigenvalue weighted by atomic mass is 16.3. The first kappa shape index (κ1) is 130. The van der Waals surface area contributed by atoms with Gasteiger partial charge in [0, 0.05) is 132 Å². The van der Waals surface area contributed by atoms with Gasteiger partial charge in [-0.15, -0.1) is 0 Å². The topological polar surface area (TPSA) is 405 Å². The maximum Gasteiger partial charge on any atom is 0.0402 e. The normalized spacial score (nSPS) is 6.00. The summed E-state index contributed by atoms with van der Waals surface area (Å²) in [6, 6.07) is 0. The number of aliphatic hydroxyl groups excluding tert-OH is 20. The lowest BCUT2D eigenvalue weighted by molar-refractivity contribution is 0.318. The molecule has 0 heterocycles. The second kappa shape index (κ2) is 517. The van der Waals surface area contributed by atoms with E-state index in [0.29, 0.717) is 0 Å². The predicted molar refractivity (Wildman–Crippen MR) is 255 cm³/mol. The molecule has 0 atom stereocenters. The number of aliphatic hydroxyl groups is 20. The Balaban J connectivity index is -0.0000000156. The molecule has 20 heteroatoms. The Labute approximate surface area is 372 Å². The highest BCUT2D eigenvalue weighted by Crippen LogP contribution is 1.35. The minimum atomic E-state index is 0.250. The summed E-state index contributed by atoms with van der Waals surface area (Å²) < 4.78 is 0. The molecule has 0 fully saturated rings. The van der Waals surface area contributed by atoms with Crippen molar-refractivity contribution >= 4 is 0 Å². The SMILES string of the molecule is CCO.CCO.CCO.CCO.CCO.CCO.CCO.CCO.CCO.CCO.CCO.CCO.CCO.CCO.CCO.CCO.CCO.CCO.CCO.CCO. The van der Waals surface area contributed by atoms with E-state index >= 15 is 0 Å². The molecule has 0 amide bonds. The van der Waals surface area contributed by atoms with Gasteiger partial charge in [0.1, 0.15) is 0 Å². The van der Waals surface area contributed by atoms with E-state index < -0.39 is 0 Å². The van der Waals surface area contributed by atoms with Crippen LogP contribution in [0.4, 0.5) is 0 Å². The predicted octanol–water partition coefficient (Wildman–Crippen LogP) is -0.0280. The van der Waals surface area contributed by atoms with E-state index in [9.17, 15) is 0 Å². The summed E-state index contributed by atoms with van der Waals surface area (Å²) in [4.78, 5) is 0. The van der Waals surface area contributed by atoms with Crippen LogP contribution in [0.15, 0.2) is 0 Å². The number of hydrogen-bond donors (Lipinski definition) is 20. The fraction of sp³-hybridized carbons (Fsp3) is 1.00. The Morgan fingerprint density at radius 2 is 0.100 bits per heavy atom. The van der Waals surface area contributed by atoms with Crippen LogP contribution in [0.3, 0.4) is 0 Å². The molecule has 0 aromatic carbocycles. The Morgan fingerprint density at radius 1 is 0.100 bits per heavy atom. The highest BCUT2D eigenvalue weighted by molar-refractivity contribution is 3.89. The van der Waals surface area contributed by atoms with Crippen molar-refractivity contribution in [2.75, 3.05) is 132 Å². The second-order valence-corrected chi connectivity index (χ2v) is 6.32. The third-order valence-electron chi connectivity index (χ3n) is 0. The van der Waals surface area contributed by atoms with Crippen molar-refractivity contribution in [3.05, 3.63) is 0 Å². The van der Waals surface area contributed by atoms with Crippen LogP contribution in [0.5, 0.6) is 0 Å². The van der Waals surface area contributed by atoms with Gasteiger partial charge in [-0.05, 0) is 138 Å². The molecule has 0 unspecified atom stereocenters. The van der Waals surface area contributed by atoms with Crippen molar-refractivity contribution in [1.82, 2.24) is 0 Å². The van der Waals surface area contributed by atoms with E-state index in [0.717, 1.165) is 0 Å². The van der Waals surface area contributed by atoms with Gasteiger partial charge < -0.3 is 102 Å². The van der Waals surface area contributed by atoms with Gasteiger partial charge in [0.2, 0.25) is 0 Å². The van der Waals surface area contributed by atoms with Gasteiger partial charge in [0.25, 0.3) is 0 Å². The van der Waals surface area contributed by atoms with E-state index in [1.807, 2.05) is 0 Å². The van der Waals surface area contributed by atoms with E-state index in [1.165, 1.54) is 0 Å². The van der Waals surface area contributed by atoms with E-state index in [-0.39, 0.29) is 132 Å². The fourth-order valence-electron chi connectivity index (χ4n) is 0. The van der Waals surface area contributed by atoms with Gasteiger partial charge in [0.05, 0.1) is 0 Å². The monoisotopic (exact) mass is 921 g/mol. The number of hydrogen-bond acceptors (Lipinski definition) is 20.